The van der Waals surface area contributed by atoms with Gasteiger partial charge in [-0.1, -0.05) is 42.1 Å². The second-order valence-electron chi connectivity index (χ2n) is 6.12. The Morgan fingerprint density at radius 1 is 1.23 bits per heavy atom. The largest absolute Gasteiger partial charge is 0.378 e. The number of amides is 1. The third kappa shape index (κ3) is 5.71. The Balaban J connectivity index is 1.47. The minimum Gasteiger partial charge on any atom is -0.378 e. The molecule has 2 heterocycles. The summed E-state index contributed by atoms with van der Waals surface area (Å²) in [6.07, 6.45) is 0.833. The van der Waals surface area contributed by atoms with Crippen molar-refractivity contribution in [2.24, 2.45) is 0 Å². The van der Waals surface area contributed by atoms with Crippen LogP contribution in [0.5, 0.6) is 0 Å². The number of anilines is 1. The summed E-state index contributed by atoms with van der Waals surface area (Å²) >= 11 is 1.37. The van der Waals surface area contributed by atoms with E-state index in [-0.39, 0.29) is 5.91 Å². The topological polar surface area (TPSA) is 67.3 Å². The maximum absolute atomic E-state index is 12.1. The molecule has 2 aromatic rings. The van der Waals surface area contributed by atoms with Crippen LogP contribution >= 0.6 is 11.8 Å². The lowest BCUT2D eigenvalue weighted by atomic mass is 10.1. The molecule has 1 aliphatic rings. The molecule has 1 fully saturated rings. The molecule has 1 saturated heterocycles. The van der Waals surface area contributed by atoms with Crippen LogP contribution in [0.1, 0.15) is 11.3 Å². The van der Waals surface area contributed by atoms with Gasteiger partial charge in [0.25, 0.3) is 0 Å². The molecular weight excluding hydrogens is 348 g/mol. The zero-order chi connectivity index (χ0) is 18.2. The number of nitrogens with zero attached hydrogens (tertiary/aromatic N) is 3. The predicted octanol–water partition coefficient (Wildman–Crippen LogP) is 2.07. The van der Waals surface area contributed by atoms with Crippen molar-refractivity contribution in [1.82, 2.24) is 15.3 Å². The zero-order valence-electron chi connectivity index (χ0n) is 15.0. The molecular formula is C19H24N4O2S. The quantitative estimate of drug-likeness (QED) is 0.593. The monoisotopic (exact) mass is 372 g/mol. The average Bonchev–Trinajstić information content (AvgIpc) is 2.67. The van der Waals surface area contributed by atoms with Crippen LogP contribution in [0.4, 0.5) is 5.82 Å². The van der Waals surface area contributed by atoms with Crippen molar-refractivity contribution in [3.05, 3.63) is 47.7 Å². The molecule has 1 amide bonds. The lowest BCUT2D eigenvalue weighted by molar-refractivity contribution is -0.118. The van der Waals surface area contributed by atoms with E-state index >= 15 is 0 Å². The molecule has 3 rings (SSSR count). The normalized spacial score (nSPS) is 14.3. The number of hydrogen-bond acceptors (Lipinski definition) is 6. The fraction of sp³-hybridized carbons (Fsp3) is 0.421. The van der Waals surface area contributed by atoms with Crippen molar-refractivity contribution in [2.45, 2.75) is 18.5 Å². The van der Waals surface area contributed by atoms with Gasteiger partial charge in [-0.15, -0.1) is 0 Å². The molecule has 7 heteroatoms. The van der Waals surface area contributed by atoms with Crippen LogP contribution in [0.3, 0.4) is 0 Å². The Labute approximate surface area is 158 Å². The summed E-state index contributed by atoms with van der Waals surface area (Å²) in [5.41, 5.74) is 2.13. The first-order chi connectivity index (χ1) is 12.7. The average molecular weight is 372 g/mol. The van der Waals surface area contributed by atoms with E-state index in [0.717, 1.165) is 44.2 Å². The molecule has 1 aromatic heterocycles. The van der Waals surface area contributed by atoms with Crippen molar-refractivity contribution in [1.29, 1.82) is 0 Å². The van der Waals surface area contributed by atoms with Crippen molar-refractivity contribution in [3.63, 3.8) is 0 Å². The van der Waals surface area contributed by atoms with Gasteiger partial charge in [-0.3, -0.25) is 4.79 Å². The fourth-order valence-corrected chi connectivity index (χ4v) is 3.45. The Kier molecular flexibility index (Phi) is 6.85. The van der Waals surface area contributed by atoms with Gasteiger partial charge in [-0.25, -0.2) is 9.97 Å². The summed E-state index contributed by atoms with van der Waals surface area (Å²) in [5.74, 6) is 1.23. The number of ether oxygens (including phenoxy) is 1. The van der Waals surface area contributed by atoms with Crippen molar-refractivity contribution in [3.8, 4) is 0 Å². The predicted molar refractivity (Wildman–Crippen MR) is 104 cm³/mol. The number of nitrogens with one attached hydrogen (secondary N) is 1. The number of aryl methyl sites for hydroxylation is 1. The standard InChI is InChI=1S/C19H24N4O2S/c1-15-13-17(23-9-11-25-12-10-23)22-19(21-15)26-14-18(24)20-8-7-16-5-3-2-4-6-16/h2-6,13H,7-12,14H2,1H3,(H,20,24). The lowest BCUT2D eigenvalue weighted by Gasteiger charge is -2.28. The van der Waals surface area contributed by atoms with Gasteiger partial charge in [-0.05, 0) is 18.9 Å². The van der Waals surface area contributed by atoms with Gasteiger partial charge in [0, 0.05) is 31.4 Å². The summed E-state index contributed by atoms with van der Waals surface area (Å²) in [4.78, 5) is 23.3. The maximum Gasteiger partial charge on any atom is 0.230 e. The van der Waals surface area contributed by atoms with E-state index in [4.69, 9.17) is 4.74 Å². The number of carbonyl (C=O) groups is 1. The second-order valence-corrected chi connectivity index (χ2v) is 7.07. The SMILES string of the molecule is Cc1cc(N2CCOCC2)nc(SCC(=O)NCCc2ccccc2)n1. The lowest BCUT2D eigenvalue weighted by Crippen LogP contribution is -2.37. The molecule has 26 heavy (non-hydrogen) atoms. The van der Waals surface area contributed by atoms with E-state index < -0.39 is 0 Å². The molecule has 1 N–H and O–H groups in total. The van der Waals surface area contributed by atoms with E-state index in [9.17, 15) is 4.79 Å². The Morgan fingerprint density at radius 3 is 2.77 bits per heavy atom. The van der Waals surface area contributed by atoms with Crippen LogP contribution in [-0.4, -0.2) is 54.5 Å². The molecule has 138 valence electrons. The Hall–Kier alpha value is -2.12. The number of thioether (sulfide) groups is 1. The number of hydrogen-bond donors (Lipinski definition) is 1. The van der Waals surface area contributed by atoms with Crippen molar-refractivity contribution in [2.75, 3.05) is 43.5 Å². The molecule has 0 bridgehead atoms. The van der Waals surface area contributed by atoms with Gasteiger partial charge in [0.2, 0.25) is 5.91 Å². The second kappa shape index (κ2) is 9.54. The summed E-state index contributed by atoms with van der Waals surface area (Å²) in [5, 5.41) is 3.59. The Bertz CT molecular complexity index is 721. The van der Waals surface area contributed by atoms with Gasteiger partial charge in [-0.2, -0.15) is 0 Å². The van der Waals surface area contributed by atoms with Gasteiger partial charge in [0.05, 0.1) is 19.0 Å². The first-order valence-corrected chi connectivity index (χ1v) is 9.81. The first kappa shape index (κ1) is 18.7. The van der Waals surface area contributed by atoms with Crippen LogP contribution in [0.15, 0.2) is 41.6 Å². The highest BCUT2D eigenvalue weighted by atomic mass is 32.2. The van der Waals surface area contributed by atoms with E-state index in [1.807, 2.05) is 31.2 Å². The minimum atomic E-state index is 0.00367. The number of aromatic nitrogens is 2. The zero-order valence-corrected chi connectivity index (χ0v) is 15.8. The Morgan fingerprint density at radius 2 is 2.00 bits per heavy atom. The van der Waals surface area contributed by atoms with E-state index in [0.29, 0.717) is 17.5 Å². The first-order valence-electron chi connectivity index (χ1n) is 8.82. The molecule has 0 saturated carbocycles. The molecule has 0 atom stereocenters. The van der Waals surface area contributed by atoms with Gasteiger partial charge < -0.3 is 15.0 Å². The highest BCUT2D eigenvalue weighted by Gasteiger charge is 2.15. The van der Waals surface area contributed by atoms with Gasteiger partial charge in [0.15, 0.2) is 5.16 Å². The molecule has 0 unspecified atom stereocenters. The van der Waals surface area contributed by atoms with Crippen LogP contribution in [0.2, 0.25) is 0 Å². The highest BCUT2D eigenvalue weighted by Crippen LogP contribution is 2.20. The van der Waals surface area contributed by atoms with Gasteiger partial charge >= 0.3 is 0 Å². The van der Waals surface area contributed by atoms with E-state index in [1.54, 1.807) is 0 Å². The summed E-state index contributed by atoms with van der Waals surface area (Å²) in [7, 11) is 0. The van der Waals surface area contributed by atoms with E-state index in [1.165, 1.54) is 17.3 Å². The molecule has 1 aliphatic heterocycles. The highest BCUT2D eigenvalue weighted by molar-refractivity contribution is 7.99. The van der Waals surface area contributed by atoms with Gasteiger partial charge in [0.1, 0.15) is 5.82 Å². The number of benzene rings is 1. The molecule has 6 nitrogen and oxygen atoms in total. The molecule has 0 aliphatic carbocycles. The third-order valence-corrected chi connectivity index (χ3v) is 4.91. The molecule has 1 aromatic carbocycles. The van der Waals surface area contributed by atoms with Crippen molar-refractivity contribution >= 4 is 23.5 Å². The minimum absolute atomic E-state index is 0.00367. The smallest absolute Gasteiger partial charge is 0.230 e. The number of carbonyl (C=O) groups excluding carboxylic acids is 1. The summed E-state index contributed by atoms with van der Waals surface area (Å²) < 4.78 is 5.39. The fourth-order valence-electron chi connectivity index (χ4n) is 2.72. The number of morpholine rings is 1. The molecule has 0 spiro atoms. The van der Waals surface area contributed by atoms with Crippen molar-refractivity contribution < 1.29 is 9.53 Å². The van der Waals surface area contributed by atoms with Crippen LogP contribution in [0.25, 0.3) is 0 Å². The van der Waals surface area contributed by atoms with E-state index in [2.05, 4.69) is 32.3 Å². The summed E-state index contributed by atoms with van der Waals surface area (Å²) in [6, 6.07) is 12.1. The van der Waals surface area contributed by atoms with Crippen LogP contribution in [-0.2, 0) is 16.0 Å². The number of rotatable bonds is 7. The third-order valence-electron chi connectivity index (χ3n) is 4.07. The van der Waals surface area contributed by atoms with Crippen LogP contribution < -0.4 is 10.2 Å². The maximum atomic E-state index is 12.1. The molecule has 0 radical (unpaired) electrons. The van der Waals surface area contributed by atoms with Crippen LogP contribution in [0, 0.1) is 6.92 Å². The summed E-state index contributed by atoms with van der Waals surface area (Å²) in [6.45, 7) is 5.69.